The van der Waals surface area contributed by atoms with Gasteiger partial charge in [-0.1, -0.05) is 56.3 Å². The van der Waals surface area contributed by atoms with Gasteiger partial charge in [0, 0.05) is 25.2 Å². The first-order valence-electron chi connectivity index (χ1n) is 13.7. The molecule has 5 rings (SSSR count). The van der Waals surface area contributed by atoms with Crippen molar-refractivity contribution in [3.63, 3.8) is 0 Å². The van der Waals surface area contributed by atoms with Crippen LogP contribution in [0.4, 0.5) is 4.39 Å². The van der Waals surface area contributed by atoms with E-state index in [0.717, 1.165) is 16.9 Å². The summed E-state index contributed by atoms with van der Waals surface area (Å²) in [6.45, 7) is 6.17. The molecule has 0 N–H and O–H groups in total. The van der Waals surface area contributed by atoms with Gasteiger partial charge < -0.3 is 24.0 Å². The molecule has 3 atom stereocenters. The molecule has 0 saturated carbocycles. The number of morpholine rings is 1. The highest BCUT2D eigenvalue weighted by Crippen LogP contribution is 2.33. The summed E-state index contributed by atoms with van der Waals surface area (Å²) in [5.41, 5.74) is 2.36. The summed E-state index contributed by atoms with van der Waals surface area (Å²) >= 11 is 0. The van der Waals surface area contributed by atoms with Gasteiger partial charge in [-0.15, -0.1) is 0 Å². The van der Waals surface area contributed by atoms with Gasteiger partial charge in [0.2, 0.25) is 5.91 Å². The highest BCUT2D eigenvalue weighted by atomic mass is 19.1. The van der Waals surface area contributed by atoms with Crippen molar-refractivity contribution < 1.29 is 28.2 Å². The van der Waals surface area contributed by atoms with Crippen LogP contribution in [0.3, 0.4) is 0 Å². The molecule has 7 nitrogen and oxygen atoms in total. The van der Waals surface area contributed by atoms with Gasteiger partial charge >= 0.3 is 0 Å². The maximum atomic E-state index is 14.0. The van der Waals surface area contributed by atoms with Crippen LogP contribution in [0.5, 0.6) is 11.5 Å². The fourth-order valence-electron chi connectivity index (χ4n) is 5.61. The lowest BCUT2D eigenvalue weighted by atomic mass is 9.86. The van der Waals surface area contributed by atoms with Gasteiger partial charge in [0.05, 0.1) is 31.8 Å². The predicted octanol–water partition coefficient (Wildman–Crippen LogP) is 4.90. The number of hydrogen-bond acceptors (Lipinski definition) is 5. The Balaban J connectivity index is 1.28. The molecule has 2 aliphatic rings. The third kappa shape index (κ3) is 5.82. The Kier molecular flexibility index (Phi) is 8.35. The SMILES string of the molecule is COc1cc(C(=O)N2C[C@H]3OCCN(C(=O)C(c4ccc(OCc5ccccc5)cc4)C(C)C)[C@H]3C2)ccc1F. The van der Waals surface area contributed by atoms with E-state index in [1.165, 1.54) is 25.3 Å². The van der Waals surface area contributed by atoms with Crippen molar-refractivity contribution in [3.8, 4) is 11.5 Å². The molecule has 40 heavy (non-hydrogen) atoms. The minimum absolute atomic E-state index is 0.0202. The second-order valence-corrected chi connectivity index (χ2v) is 10.6. The Morgan fingerprint density at radius 1 is 1.02 bits per heavy atom. The fourth-order valence-corrected chi connectivity index (χ4v) is 5.61. The van der Waals surface area contributed by atoms with Crippen molar-refractivity contribution in [3.05, 3.63) is 95.3 Å². The summed E-state index contributed by atoms with van der Waals surface area (Å²) < 4.78 is 30.9. The number of benzene rings is 3. The number of hydrogen-bond donors (Lipinski definition) is 0. The number of amides is 2. The zero-order valence-electron chi connectivity index (χ0n) is 23.1. The van der Waals surface area contributed by atoms with E-state index in [1.807, 2.05) is 73.3 Å². The van der Waals surface area contributed by atoms with E-state index in [-0.39, 0.29) is 41.5 Å². The summed E-state index contributed by atoms with van der Waals surface area (Å²) in [5, 5.41) is 0. The van der Waals surface area contributed by atoms with Crippen LogP contribution in [0.1, 0.15) is 41.3 Å². The molecular weight excluding hydrogens is 511 g/mol. The third-order valence-electron chi connectivity index (χ3n) is 7.69. The quantitative estimate of drug-likeness (QED) is 0.402. The molecule has 0 radical (unpaired) electrons. The maximum absolute atomic E-state index is 14.0. The van der Waals surface area contributed by atoms with Gasteiger partial charge in [-0.3, -0.25) is 9.59 Å². The summed E-state index contributed by atoms with van der Waals surface area (Å²) in [6.07, 6.45) is -0.273. The monoisotopic (exact) mass is 546 g/mol. The molecule has 0 bridgehead atoms. The summed E-state index contributed by atoms with van der Waals surface area (Å²) in [6, 6.07) is 21.6. The minimum atomic E-state index is -0.523. The number of ether oxygens (including phenoxy) is 3. The molecular formula is C32H35FN2O5. The van der Waals surface area contributed by atoms with Crippen molar-refractivity contribution in [1.29, 1.82) is 0 Å². The van der Waals surface area contributed by atoms with Crippen LogP contribution in [-0.4, -0.2) is 67.1 Å². The number of likely N-dealkylation sites (tertiary alicyclic amines) is 1. The summed E-state index contributed by atoms with van der Waals surface area (Å²) in [7, 11) is 1.37. The first-order chi connectivity index (χ1) is 19.4. The average Bonchev–Trinajstić information content (AvgIpc) is 3.42. The normalized spacial score (nSPS) is 19.3. The van der Waals surface area contributed by atoms with E-state index >= 15 is 0 Å². The van der Waals surface area contributed by atoms with Crippen LogP contribution < -0.4 is 9.47 Å². The Bertz CT molecular complexity index is 1330. The molecule has 2 heterocycles. The Morgan fingerprint density at radius 2 is 1.77 bits per heavy atom. The Hall–Kier alpha value is -3.91. The highest BCUT2D eigenvalue weighted by Gasteiger charge is 2.45. The van der Waals surface area contributed by atoms with Crippen LogP contribution in [0.2, 0.25) is 0 Å². The molecule has 2 amide bonds. The Morgan fingerprint density at radius 3 is 2.48 bits per heavy atom. The van der Waals surface area contributed by atoms with E-state index in [2.05, 4.69) is 0 Å². The molecule has 8 heteroatoms. The van der Waals surface area contributed by atoms with Gasteiger partial charge in [0.15, 0.2) is 11.6 Å². The molecule has 0 aliphatic carbocycles. The first-order valence-corrected chi connectivity index (χ1v) is 13.7. The number of carbonyl (C=O) groups is 2. The van der Waals surface area contributed by atoms with Crippen molar-refractivity contribution in [1.82, 2.24) is 9.80 Å². The van der Waals surface area contributed by atoms with Crippen molar-refractivity contribution in [2.45, 2.75) is 38.5 Å². The van der Waals surface area contributed by atoms with Crippen LogP contribution in [0.15, 0.2) is 72.8 Å². The molecule has 3 aromatic carbocycles. The molecule has 2 aliphatic heterocycles. The molecule has 0 aromatic heterocycles. The second kappa shape index (κ2) is 12.1. The third-order valence-corrected chi connectivity index (χ3v) is 7.69. The van der Waals surface area contributed by atoms with Gasteiger partial charge in [-0.25, -0.2) is 4.39 Å². The van der Waals surface area contributed by atoms with Crippen LogP contribution in [-0.2, 0) is 16.1 Å². The largest absolute Gasteiger partial charge is 0.494 e. The van der Waals surface area contributed by atoms with E-state index in [1.54, 1.807) is 4.90 Å². The summed E-state index contributed by atoms with van der Waals surface area (Å²) in [5.74, 6) is -0.240. The van der Waals surface area contributed by atoms with E-state index in [0.29, 0.717) is 38.4 Å². The number of rotatable bonds is 8. The van der Waals surface area contributed by atoms with Crippen molar-refractivity contribution in [2.75, 3.05) is 33.4 Å². The second-order valence-electron chi connectivity index (χ2n) is 10.6. The first kappa shape index (κ1) is 27.6. The lowest BCUT2D eigenvalue weighted by Crippen LogP contribution is -2.55. The summed E-state index contributed by atoms with van der Waals surface area (Å²) in [4.78, 5) is 30.8. The van der Waals surface area contributed by atoms with Gasteiger partial charge in [0.1, 0.15) is 12.4 Å². The number of carbonyl (C=O) groups excluding carboxylic acids is 2. The van der Waals surface area contributed by atoms with E-state index in [9.17, 15) is 14.0 Å². The lowest BCUT2D eigenvalue weighted by molar-refractivity contribution is -0.145. The van der Waals surface area contributed by atoms with Crippen LogP contribution in [0, 0.1) is 11.7 Å². The molecule has 3 aromatic rings. The minimum Gasteiger partial charge on any atom is -0.494 e. The smallest absolute Gasteiger partial charge is 0.254 e. The van der Waals surface area contributed by atoms with E-state index in [4.69, 9.17) is 14.2 Å². The van der Waals surface area contributed by atoms with Gasteiger partial charge in [-0.05, 0) is 47.4 Å². The zero-order valence-corrected chi connectivity index (χ0v) is 23.1. The zero-order chi connectivity index (χ0) is 28.2. The standard InChI is InChI=1S/C32H35FN2O5/c1-21(2)30(23-9-12-25(13-10-23)40-20-22-7-5-4-6-8-22)32(37)35-15-16-39-29-19-34(18-27(29)35)31(36)24-11-14-26(33)28(17-24)38-3/h4-14,17,21,27,29-30H,15-16,18-20H2,1-3H3/t27-,29+,30?/m0/s1. The van der Waals surface area contributed by atoms with E-state index < -0.39 is 5.82 Å². The fraction of sp³-hybridized carbons (Fsp3) is 0.375. The maximum Gasteiger partial charge on any atom is 0.254 e. The topological polar surface area (TPSA) is 68.3 Å². The highest BCUT2D eigenvalue weighted by molar-refractivity contribution is 5.95. The van der Waals surface area contributed by atoms with Crippen molar-refractivity contribution in [2.24, 2.45) is 5.92 Å². The molecule has 2 saturated heterocycles. The molecule has 210 valence electrons. The van der Waals surface area contributed by atoms with Crippen LogP contribution >= 0.6 is 0 Å². The predicted molar refractivity (Wildman–Crippen MR) is 149 cm³/mol. The Labute approximate surface area is 234 Å². The van der Waals surface area contributed by atoms with Crippen molar-refractivity contribution >= 4 is 11.8 Å². The van der Waals surface area contributed by atoms with Gasteiger partial charge in [-0.2, -0.15) is 0 Å². The number of halogens is 1. The number of methoxy groups -OCH3 is 1. The molecule has 0 spiro atoms. The average molecular weight is 547 g/mol. The van der Waals surface area contributed by atoms with Crippen LogP contribution in [0.25, 0.3) is 0 Å². The number of nitrogens with zero attached hydrogens (tertiary/aromatic N) is 2. The molecule has 1 unspecified atom stereocenters. The lowest BCUT2D eigenvalue weighted by Gasteiger charge is -2.39. The molecule has 2 fully saturated rings. The van der Waals surface area contributed by atoms with Gasteiger partial charge in [0.25, 0.3) is 5.91 Å². The number of fused-ring (bicyclic) bond motifs is 1.